The highest BCUT2D eigenvalue weighted by atomic mass is 15.1. The van der Waals surface area contributed by atoms with Crippen molar-refractivity contribution in [3.8, 4) is 0 Å². The van der Waals surface area contributed by atoms with Crippen molar-refractivity contribution in [3.05, 3.63) is 29.8 Å². The van der Waals surface area contributed by atoms with Gasteiger partial charge in [0.25, 0.3) is 0 Å². The van der Waals surface area contributed by atoms with E-state index in [1.165, 1.54) is 37.2 Å². The van der Waals surface area contributed by atoms with Crippen LogP contribution in [-0.2, 0) is 0 Å². The van der Waals surface area contributed by atoms with E-state index in [9.17, 15) is 0 Å². The minimum Gasteiger partial charge on any atom is -0.303 e. The average molecular weight is 192 g/mol. The van der Waals surface area contributed by atoms with Gasteiger partial charge in [-0.05, 0) is 31.9 Å². The van der Waals surface area contributed by atoms with Crippen LogP contribution in [0, 0.1) is 6.92 Å². The summed E-state index contributed by atoms with van der Waals surface area (Å²) in [4.78, 5) is 1.62. The molecule has 0 bridgehead atoms. The number of hydrogen-bond acceptors (Lipinski definition) is 0. The maximum Gasteiger partial charge on any atom is 0.131 e. The summed E-state index contributed by atoms with van der Waals surface area (Å²) in [5.74, 6) is 0. The zero-order valence-electron chi connectivity index (χ0n) is 9.64. The molecule has 0 amide bonds. The first-order valence-corrected chi connectivity index (χ1v) is 5.69. The van der Waals surface area contributed by atoms with Gasteiger partial charge in [-0.15, -0.1) is 0 Å². The lowest BCUT2D eigenvalue weighted by atomic mass is 10.2. The maximum atomic E-state index is 2.26. The second-order valence-electron chi connectivity index (χ2n) is 3.97. The van der Waals surface area contributed by atoms with E-state index in [0.29, 0.717) is 0 Å². The van der Waals surface area contributed by atoms with Crippen molar-refractivity contribution in [3.63, 3.8) is 0 Å². The summed E-state index contributed by atoms with van der Waals surface area (Å²) in [6, 6.07) is 8.94. The van der Waals surface area contributed by atoms with Crippen LogP contribution in [0.5, 0.6) is 0 Å². The molecule has 0 aliphatic carbocycles. The summed E-state index contributed by atoms with van der Waals surface area (Å²) >= 11 is 0. The monoisotopic (exact) mass is 192 g/mol. The van der Waals surface area contributed by atoms with Gasteiger partial charge in [-0.2, -0.15) is 0 Å². The summed E-state index contributed by atoms with van der Waals surface area (Å²) in [5.41, 5.74) is 2.79. The molecule has 78 valence electrons. The van der Waals surface area contributed by atoms with Crippen molar-refractivity contribution < 1.29 is 4.90 Å². The van der Waals surface area contributed by atoms with Gasteiger partial charge in [-0.3, -0.25) is 0 Å². The smallest absolute Gasteiger partial charge is 0.131 e. The van der Waals surface area contributed by atoms with Crippen molar-refractivity contribution in [1.82, 2.24) is 0 Å². The first kappa shape index (κ1) is 11.3. The van der Waals surface area contributed by atoms with Gasteiger partial charge in [0.05, 0.1) is 13.1 Å². The zero-order valence-corrected chi connectivity index (χ0v) is 9.64. The fraction of sp³-hybridized carbons (Fsp3) is 0.538. The highest BCUT2D eigenvalue weighted by molar-refractivity contribution is 5.31. The Morgan fingerprint density at radius 2 is 1.43 bits per heavy atom. The molecule has 0 saturated heterocycles. The van der Waals surface area contributed by atoms with Gasteiger partial charge in [-0.25, -0.2) is 0 Å². The van der Waals surface area contributed by atoms with E-state index in [1.807, 2.05) is 0 Å². The molecule has 1 aromatic rings. The van der Waals surface area contributed by atoms with E-state index in [2.05, 4.69) is 45.0 Å². The lowest BCUT2D eigenvalue weighted by Gasteiger charge is -2.17. The highest BCUT2D eigenvalue weighted by Crippen LogP contribution is 2.03. The highest BCUT2D eigenvalue weighted by Gasteiger charge is 2.08. The van der Waals surface area contributed by atoms with Crippen LogP contribution in [-0.4, -0.2) is 13.1 Å². The molecule has 0 aliphatic heterocycles. The molecule has 1 aromatic carbocycles. The number of hydrogen-bond donors (Lipinski definition) is 1. The third-order valence-corrected chi connectivity index (χ3v) is 2.56. The predicted octanol–water partition coefficient (Wildman–Crippen LogP) is 2.33. The number of benzene rings is 1. The summed E-state index contributed by atoms with van der Waals surface area (Å²) in [6.07, 6.45) is 2.51. The van der Waals surface area contributed by atoms with Gasteiger partial charge in [0, 0.05) is 0 Å². The summed E-state index contributed by atoms with van der Waals surface area (Å²) in [5, 5.41) is 0. The second-order valence-corrected chi connectivity index (χ2v) is 3.97. The quantitative estimate of drug-likeness (QED) is 0.730. The molecule has 0 spiro atoms. The SMILES string of the molecule is CCC[NH+](CCC)c1ccc(C)cc1. The molecule has 1 nitrogen and oxygen atoms in total. The van der Waals surface area contributed by atoms with Crippen molar-refractivity contribution in [1.29, 1.82) is 0 Å². The largest absolute Gasteiger partial charge is 0.303 e. The molecule has 0 unspecified atom stereocenters. The van der Waals surface area contributed by atoms with Crippen molar-refractivity contribution >= 4 is 5.69 Å². The molecule has 0 atom stereocenters. The Bertz CT molecular complexity index is 244. The fourth-order valence-electron chi connectivity index (χ4n) is 1.81. The van der Waals surface area contributed by atoms with Crippen molar-refractivity contribution in [2.24, 2.45) is 0 Å². The second kappa shape index (κ2) is 5.82. The summed E-state index contributed by atoms with van der Waals surface area (Å²) in [6.45, 7) is 9.14. The Hall–Kier alpha value is -0.820. The number of rotatable bonds is 5. The van der Waals surface area contributed by atoms with E-state index < -0.39 is 0 Å². The van der Waals surface area contributed by atoms with Crippen LogP contribution in [0.2, 0.25) is 0 Å². The van der Waals surface area contributed by atoms with E-state index in [0.717, 1.165) is 0 Å². The van der Waals surface area contributed by atoms with Crippen molar-refractivity contribution in [2.45, 2.75) is 33.6 Å². The fourth-order valence-corrected chi connectivity index (χ4v) is 1.81. The van der Waals surface area contributed by atoms with Crippen LogP contribution in [0.1, 0.15) is 32.3 Å². The maximum absolute atomic E-state index is 2.26. The predicted molar refractivity (Wildman–Crippen MR) is 62.1 cm³/mol. The van der Waals surface area contributed by atoms with Crippen LogP contribution in [0.4, 0.5) is 5.69 Å². The minimum atomic E-state index is 1.25. The van der Waals surface area contributed by atoms with Crippen LogP contribution < -0.4 is 4.90 Å². The van der Waals surface area contributed by atoms with Crippen LogP contribution in [0.25, 0.3) is 0 Å². The lowest BCUT2D eigenvalue weighted by molar-refractivity contribution is -0.832. The third kappa shape index (κ3) is 3.15. The molecule has 0 fully saturated rings. The van der Waals surface area contributed by atoms with Crippen LogP contribution in [0.15, 0.2) is 24.3 Å². The van der Waals surface area contributed by atoms with Crippen LogP contribution >= 0.6 is 0 Å². The molecule has 1 heteroatoms. The molecular weight excluding hydrogens is 170 g/mol. The molecule has 14 heavy (non-hydrogen) atoms. The summed E-state index contributed by atoms with van der Waals surface area (Å²) in [7, 11) is 0. The van der Waals surface area contributed by atoms with Crippen molar-refractivity contribution in [2.75, 3.05) is 13.1 Å². The van der Waals surface area contributed by atoms with Gasteiger partial charge >= 0.3 is 0 Å². The number of aryl methyl sites for hydroxylation is 1. The van der Waals surface area contributed by atoms with Gasteiger partial charge in [0.2, 0.25) is 0 Å². The van der Waals surface area contributed by atoms with Gasteiger partial charge in [-0.1, -0.05) is 31.5 Å². The standard InChI is InChI=1S/C13H21N/c1-4-10-14(11-5-2)13-8-6-12(3)7-9-13/h6-9H,4-5,10-11H2,1-3H3/p+1. The Morgan fingerprint density at radius 1 is 0.929 bits per heavy atom. The molecule has 0 radical (unpaired) electrons. The number of quaternary nitrogens is 1. The van der Waals surface area contributed by atoms with E-state index in [-0.39, 0.29) is 0 Å². The zero-order chi connectivity index (χ0) is 10.4. The molecule has 0 saturated carbocycles. The van der Waals surface area contributed by atoms with E-state index >= 15 is 0 Å². The Morgan fingerprint density at radius 3 is 1.86 bits per heavy atom. The van der Waals surface area contributed by atoms with Gasteiger partial charge in [0.15, 0.2) is 0 Å². The molecule has 0 aliphatic rings. The average Bonchev–Trinajstić information content (AvgIpc) is 2.19. The van der Waals surface area contributed by atoms with Crippen LogP contribution in [0.3, 0.4) is 0 Å². The topological polar surface area (TPSA) is 4.44 Å². The van der Waals surface area contributed by atoms with E-state index in [1.54, 1.807) is 4.90 Å². The number of nitrogens with one attached hydrogen (secondary N) is 1. The first-order valence-electron chi connectivity index (χ1n) is 5.69. The lowest BCUT2D eigenvalue weighted by Crippen LogP contribution is -3.07. The van der Waals surface area contributed by atoms with Gasteiger partial charge < -0.3 is 4.90 Å². The molecule has 0 aromatic heterocycles. The Balaban J connectivity index is 2.71. The third-order valence-electron chi connectivity index (χ3n) is 2.56. The van der Waals surface area contributed by atoms with E-state index in [4.69, 9.17) is 0 Å². The normalized spacial score (nSPS) is 10.9. The summed E-state index contributed by atoms with van der Waals surface area (Å²) < 4.78 is 0. The molecule has 0 heterocycles. The first-order chi connectivity index (χ1) is 6.77. The Labute approximate surface area is 87.7 Å². The molecular formula is C13H22N+. The molecule has 1 N–H and O–H groups in total. The Kier molecular flexibility index (Phi) is 4.68. The minimum absolute atomic E-state index is 1.25. The van der Waals surface area contributed by atoms with Gasteiger partial charge in [0.1, 0.15) is 5.69 Å². The molecule has 1 rings (SSSR count).